The van der Waals surface area contributed by atoms with E-state index in [1.165, 1.54) is 5.56 Å². The Morgan fingerprint density at radius 2 is 1.88 bits per heavy atom. The van der Waals surface area contributed by atoms with Gasteiger partial charge >= 0.3 is 0 Å². The van der Waals surface area contributed by atoms with Crippen LogP contribution in [0.25, 0.3) is 0 Å². The van der Waals surface area contributed by atoms with Gasteiger partial charge in [0.2, 0.25) is 5.91 Å². The summed E-state index contributed by atoms with van der Waals surface area (Å²) < 4.78 is 0. The molecule has 2 aliphatic rings. The zero-order valence-electron chi connectivity index (χ0n) is 14.9. The van der Waals surface area contributed by atoms with E-state index in [0.29, 0.717) is 6.04 Å². The highest BCUT2D eigenvalue weighted by Crippen LogP contribution is 2.28. The molecule has 0 aromatic heterocycles. The van der Waals surface area contributed by atoms with Crippen molar-refractivity contribution in [2.45, 2.75) is 69.6 Å². The van der Waals surface area contributed by atoms with Crippen LogP contribution in [0.3, 0.4) is 0 Å². The highest BCUT2D eigenvalue weighted by molar-refractivity contribution is 5.86. The molecule has 6 heteroatoms. The van der Waals surface area contributed by atoms with Crippen molar-refractivity contribution in [2.24, 2.45) is 5.73 Å². The molecule has 3 rings (SSSR count). The van der Waals surface area contributed by atoms with Gasteiger partial charge in [0.05, 0.1) is 5.54 Å². The van der Waals surface area contributed by atoms with Crippen LogP contribution in [0, 0.1) is 0 Å². The van der Waals surface area contributed by atoms with E-state index in [9.17, 15) is 4.79 Å². The molecule has 2 unspecified atom stereocenters. The Morgan fingerprint density at radius 1 is 1.24 bits per heavy atom. The first-order valence-corrected chi connectivity index (χ1v) is 8.95. The number of carbonyl (C=O) groups excluding carboxylic acids is 1. The molecule has 0 bridgehead atoms. The molecule has 1 aliphatic carbocycles. The van der Waals surface area contributed by atoms with Crippen molar-refractivity contribution in [3.05, 3.63) is 35.9 Å². The Hall–Kier alpha value is -0.810. The first kappa shape index (κ1) is 22.2. The zero-order valence-corrected chi connectivity index (χ0v) is 16.6. The summed E-state index contributed by atoms with van der Waals surface area (Å²) in [5, 5.41) is 3.23. The Morgan fingerprint density at radius 3 is 2.48 bits per heavy atom. The molecule has 1 saturated heterocycles. The highest BCUT2D eigenvalue weighted by atomic mass is 35.5. The number of hydrogen-bond donors (Lipinski definition) is 2. The van der Waals surface area contributed by atoms with E-state index in [1.54, 1.807) is 0 Å². The maximum absolute atomic E-state index is 12.5. The number of rotatable bonds is 4. The Bertz CT molecular complexity index is 535. The number of amides is 1. The molecule has 0 radical (unpaired) electrons. The Balaban J connectivity index is 0.00000156. The smallest absolute Gasteiger partial charge is 0.240 e. The molecule has 25 heavy (non-hydrogen) atoms. The number of nitrogens with one attached hydrogen (secondary N) is 1. The van der Waals surface area contributed by atoms with Crippen LogP contribution >= 0.6 is 24.8 Å². The number of halogens is 2. The van der Waals surface area contributed by atoms with Crippen molar-refractivity contribution >= 4 is 30.7 Å². The quantitative estimate of drug-likeness (QED) is 0.833. The van der Waals surface area contributed by atoms with Gasteiger partial charge in [-0.25, -0.2) is 0 Å². The molecule has 1 aromatic rings. The van der Waals surface area contributed by atoms with Crippen molar-refractivity contribution in [2.75, 3.05) is 6.54 Å². The average molecular weight is 388 g/mol. The van der Waals surface area contributed by atoms with Crippen LogP contribution in [-0.2, 0) is 11.3 Å². The number of nitrogens with two attached hydrogens (primary N) is 1. The second-order valence-corrected chi connectivity index (χ2v) is 7.36. The van der Waals surface area contributed by atoms with Crippen LogP contribution in [0.15, 0.2) is 30.3 Å². The van der Waals surface area contributed by atoms with E-state index in [-0.39, 0.29) is 36.8 Å². The zero-order chi connectivity index (χ0) is 16.3. The summed E-state index contributed by atoms with van der Waals surface area (Å²) in [6.45, 7) is 4.27. The standard InChI is InChI=1S/C19H29N3O.2ClH/c1-15-13-17(21-18(23)19(20)10-5-6-11-19)9-12-22(15)14-16-7-3-2-4-8-16;;/h2-4,7-8,15,17H,5-6,9-14,20H2,1H3,(H,21,23);2*1H. The summed E-state index contributed by atoms with van der Waals surface area (Å²) in [6, 6.07) is 11.3. The number of hydrogen-bond acceptors (Lipinski definition) is 3. The van der Waals surface area contributed by atoms with Gasteiger partial charge in [0.25, 0.3) is 0 Å². The Labute approximate surface area is 163 Å². The summed E-state index contributed by atoms with van der Waals surface area (Å²) in [5.74, 6) is 0.0729. The van der Waals surface area contributed by atoms with Crippen LogP contribution in [0.2, 0.25) is 0 Å². The van der Waals surface area contributed by atoms with Gasteiger partial charge in [0.1, 0.15) is 0 Å². The van der Waals surface area contributed by atoms with Crippen LogP contribution in [-0.4, -0.2) is 35.0 Å². The second kappa shape index (κ2) is 9.77. The fourth-order valence-electron chi connectivity index (χ4n) is 3.97. The first-order valence-electron chi connectivity index (χ1n) is 8.95. The van der Waals surface area contributed by atoms with Crippen molar-refractivity contribution in [3.8, 4) is 0 Å². The van der Waals surface area contributed by atoms with E-state index in [0.717, 1.165) is 51.6 Å². The number of carbonyl (C=O) groups is 1. The summed E-state index contributed by atoms with van der Waals surface area (Å²) in [6.07, 6.45) is 5.85. The fraction of sp³-hybridized carbons (Fsp3) is 0.632. The number of piperidine rings is 1. The van der Waals surface area contributed by atoms with Gasteiger partial charge in [-0.1, -0.05) is 43.2 Å². The molecular formula is C19H31Cl2N3O. The van der Waals surface area contributed by atoms with Crippen molar-refractivity contribution < 1.29 is 4.79 Å². The summed E-state index contributed by atoms with van der Waals surface area (Å²) >= 11 is 0. The SMILES string of the molecule is CC1CC(NC(=O)C2(N)CCCC2)CCN1Cc1ccccc1.Cl.Cl. The minimum atomic E-state index is -0.607. The van der Waals surface area contributed by atoms with Crippen LogP contribution < -0.4 is 11.1 Å². The molecule has 2 fully saturated rings. The molecule has 1 aromatic carbocycles. The van der Waals surface area contributed by atoms with Crippen molar-refractivity contribution in [3.63, 3.8) is 0 Å². The molecule has 1 saturated carbocycles. The number of likely N-dealkylation sites (tertiary alicyclic amines) is 1. The minimum Gasteiger partial charge on any atom is -0.352 e. The Kier molecular flexibility index (Phi) is 8.69. The van der Waals surface area contributed by atoms with Gasteiger partial charge in [-0.3, -0.25) is 9.69 Å². The normalized spacial score (nSPS) is 25.5. The maximum Gasteiger partial charge on any atom is 0.240 e. The van der Waals surface area contributed by atoms with E-state index in [4.69, 9.17) is 5.73 Å². The fourth-order valence-corrected chi connectivity index (χ4v) is 3.97. The summed E-state index contributed by atoms with van der Waals surface area (Å²) in [5.41, 5.74) is 7.01. The van der Waals surface area contributed by atoms with Crippen molar-refractivity contribution in [1.82, 2.24) is 10.2 Å². The first-order chi connectivity index (χ1) is 11.1. The molecule has 142 valence electrons. The van der Waals surface area contributed by atoms with Gasteiger partial charge in [-0.15, -0.1) is 24.8 Å². The molecule has 1 heterocycles. The maximum atomic E-state index is 12.5. The van der Waals surface area contributed by atoms with Crippen LogP contribution in [0.5, 0.6) is 0 Å². The summed E-state index contributed by atoms with van der Waals surface area (Å²) in [7, 11) is 0. The molecule has 2 atom stereocenters. The predicted octanol–water partition coefficient (Wildman–Crippen LogP) is 3.27. The summed E-state index contributed by atoms with van der Waals surface area (Å²) in [4.78, 5) is 15.0. The van der Waals surface area contributed by atoms with Gasteiger partial charge in [-0.05, 0) is 38.2 Å². The second-order valence-electron chi connectivity index (χ2n) is 7.36. The average Bonchev–Trinajstić information content (AvgIpc) is 2.99. The molecule has 1 aliphatic heterocycles. The molecule has 0 spiro atoms. The number of benzene rings is 1. The third-order valence-electron chi connectivity index (χ3n) is 5.53. The van der Waals surface area contributed by atoms with Crippen molar-refractivity contribution in [1.29, 1.82) is 0 Å². The third kappa shape index (κ3) is 5.58. The highest BCUT2D eigenvalue weighted by Gasteiger charge is 2.38. The minimum absolute atomic E-state index is 0. The van der Waals surface area contributed by atoms with Gasteiger partial charge in [0, 0.05) is 25.2 Å². The van der Waals surface area contributed by atoms with Gasteiger partial charge < -0.3 is 11.1 Å². The lowest BCUT2D eigenvalue weighted by Gasteiger charge is -2.39. The molecular weight excluding hydrogens is 357 g/mol. The topological polar surface area (TPSA) is 58.4 Å². The third-order valence-corrected chi connectivity index (χ3v) is 5.53. The van der Waals surface area contributed by atoms with E-state index in [2.05, 4.69) is 47.5 Å². The van der Waals surface area contributed by atoms with Gasteiger partial charge in [0.15, 0.2) is 0 Å². The lowest BCUT2D eigenvalue weighted by atomic mass is 9.94. The van der Waals surface area contributed by atoms with E-state index < -0.39 is 5.54 Å². The predicted molar refractivity (Wildman–Crippen MR) is 107 cm³/mol. The van der Waals surface area contributed by atoms with Crippen LogP contribution in [0.4, 0.5) is 0 Å². The number of nitrogens with zero attached hydrogens (tertiary/aromatic N) is 1. The lowest BCUT2D eigenvalue weighted by Crippen LogP contribution is -2.57. The van der Waals surface area contributed by atoms with E-state index in [1.807, 2.05) is 0 Å². The van der Waals surface area contributed by atoms with E-state index >= 15 is 0 Å². The monoisotopic (exact) mass is 387 g/mol. The largest absolute Gasteiger partial charge is 0.352 e. The molecule has 1 amide bonds. The molecule has 4 nitrogen and oxygen atoms in total. The van der Waals surface area contributed by atoms with Crippen LogP contribution in [0.1, 0.15) is 51.0 Å². The lowest BCUT2D eigenvalue weighted by molar-refractivity contribution is -0.127. The van der Waals surface area contributed by atoms with Gasteiger partial charge in [-0.2, -0.15) is 0 Å². The molecule has 3 N–H and O–H groups in total.